The lowest BCUT2D eigenvalue weighted by Crippen LogP contribution is -2.54. The zero-order valence-electron chi connectivity index (χ0n) is 25.8. The molecule has 0 bridgehead atoms. The second-order valence-corrected chi connectivity index (χ2v) is 15.3. The fraction of sp³-hybridized carbons (Fsp3) is 0.531. The number of fused-ring (bicyclic) bond motifs is 3. The van der Waals surface area contributed by atoms with Gasteiger partial charge in [-0.3, -0.25) is 14.3 Å². The molecule has 1 amide bonds. The van der Waals surface area contributed by atoms with Crippen molar-refractivity contribution < 1.29 is 28.3 Å². The molecule has 1 aromatic heterocycles. The lowest BCUT2D eigenvalue weighted by molar-refractivity contribution is -0.134. The van der Waals surface area contributed by atoms with Gasteiger partial charge >= 0.3 is 13.6 Å². The van der Waals surface area contributed by atoms with Crippen LogP contribution in [0.15, 0.2) is 36.4 Å². The van der Waals surface area contributed by atoms with Gasteiger partial charge in [0.2, 0.25) is 5.91 Å². The van der Waals surface area contributed by atoms with Crippen LogP contribution in [-0.4, -0.2) is 106 Å². The summed E-state index contributed by atoms with van der Waals surface area (Å²) in [7, 11) is -2.44. The molecule has 0 aliphatic carbocycles. The summed E-state index contributed by atoms with van der Waals surface area (Å²) in [6, 6.07) is 12.4. The van der Waals surface area contributed by atoms with Crippen molar-refractivity contribution >= 4 is 47.4 Å². The summed E-state index contributed by atoms with van der Waals surface area (Å²) in [6.07, 6.45) is 1.45. The molecule has 2 aromatic carbocycles. The van der Waals surface area contributed by atoms with Crippen LogP contribution in [0.4, 0.5) is 15.9 Å². The van der Waals surface area contributed by atoms with Gasteiger partial charge in [0.25, 0.3) is 0 Å². The maximum absolute atomic E-state index is 14.5. The summed E-state index contributed by atoms with van der Waals surface area (Å²) in [5.41, 5.74) is 2.62. The van der Waals surface area contributed by atoms with E-state index in [-0.39, 0.29) is 17.5 Å². The van der Waals surface area contributed by atoms with Crippen LogP contribution in [0.25, 0.3) is 10.8 Å². The third-order valence-corrected chi connectivity index (χ3v) is 11.0. The van der Waals surface area contributed by atoms with Crippen molar-refractivity contribution in [2.45, 2.75) is 43.9 Å². The molecule has 246 valence electrons. The quantitative estimate of drug-likeness (QED) is 0.324. The second-order valence-electron chi connectivity index (χ2n) is 13.3. The second kappa shape index (κ2) is 12.2. The third-order valence-electron chi connectivity index (χ3n) is 9.97. The summed E-state index contributed by atoms with van der Waals surface area (Å²) in [6.45, 7) is 4.39. The highest BCUT2D eigenvalue weighted by Gasteiger charge is 2.49. The molecule has 2 atom stereocenters. The van der Waals surface area contributed by atoms with Crippen molar-refractivity contribution in [3.63, 3.8) is 0 Å². The molecule has 14 heteroatoms. The fourth-order valence-corrected chi connectivity index (χ4v) is 8.63. The summed E-state index contributed by atoms with van der Waals surface area (Å²) < 4.78 is 32.1. The SMILES string of the molecule is CN(CC1CN(C(=O)CP(=O)(O)O)C1)c1nc(OC[C@@]23CCCN2C[C@H](F)C3)nc2c1CCN(c1cccc3cccc(Cl)c13)C2. The van der Waals surface area contributed by atoms with Crippen molar-refractivity contribution in [2.75, 3.05) is 68.9 Å². The first-order valence-electron chi connectivity index (χ1n) is 15.9. The van der Waals surface area contributed by atoms with Crippen molar-refractivity contribution in [3.8, 4) is 6.01 Å². The van der Waals surface area contributed by atoms with Crippen molar-refractivity contribution in [3.05, 3.63) is 52.7 Å². The average molecular weight is 673 g/mol. The van der Waals surface area contributed by atoms with Gasteiger partial charge in [-0.15, -0.1) is 0 Å². The van der Waals surface area contributed by atoms with Crippen molar-refractivity contribution in [1.29, 1.82) is 0 Å². The predicted octanol–water partition coefficient (Wildman–Crippen LogP) is 3.87. The number of amides is 1. The van der Waals surface area contributed by atoms with E-state index in [2.05, 4.69) is 32.9 Å². The molecule has 3 saturated heterocycles. The number of halogens is 2. The van der Waals surface area contributed by atoms with Crippen LogP contribution in [0.3, 0.4) is 0 Å². The Kier molecular flexibility index (Phi) is 8.38. The van der Waals surface area contributed by atoms with Gasteiger partial charge in [-0.1, -0.05) is 35.9 Å². The van der Waals surface area contributed by atoms with Crippen LogP contribution >= 0.6 is 19.2 Å². The number of aromatic nitrogens is 2. The van der Waals surface area contributed by atoms with Gasteiger partial charge in [-0.05, 0) is 43.3 Å². The summed E-state index contributed by atoms with van der Waals surface area (Å²) in [5, 5.41) is 2.77. The first-order valence-corrected chi connectivity index (χ1v) is 18.0. The number of hydrogen-bond donors (Lipinski definition) is 2. The molecule has 11 nitrogen and oxygen atoms in total. The minimum Gasteiger partial charge on any atom is -0.461 e. The van der Waals surface area contributed by atoms with Gasteiger partial charge in [-0.25, -0.2) is 4.39 Å². The predicted molar refractivity (Wildman–Crippen MR) is 175 cm³/mol. The number of carbonyl (C=O) groups excluding carboxylic acids is 1. The van der Waals surface area contributed by atoms with Crippen LogP contribution in [0.2, 0.25) is 5.02 Å². The standard InChI is InChI=1S/C32H39ClFN6O5P/c1-37(14-21-15-39(16-21)28(41)19-46(42,43)44)30-24-9-12-38(27-8-3-6-22-5-2-7-25(33)29(22)27)18-26(24)35-31(36-30)45-20-32-10-4-11-40(32)17-23(34)13-32/h2-3,5-8,21,23H,4,9-20H2,1H3,(H2,42,43,44)/t23-,32+/m1/s1. The molecule has 4 aliphatic rings. The molecule has 0 unspecified atom stereocenters. The van der Waals surface area contributed by atoms with Crippen LogP contribution in [0.1, 0.15) is 30.5 Å². The van der Waals surface area contributed by atoms with Gasteiger partial charge in [0.05, 0.1) is 22.8 Å². The third kappa shape index (κ3) is 6.18. The van der Waals surface area contributed by atoms with Gasteiger partial charge in [0.1, 0.15) is 24.8 Å². The van der Waals surface area contributed by atoms with E-state index in [0.29, 0.717) is 57.2 Å². The Morgan fingerprint density at radius 1 is 1.17 bits per heavy atom. The maximum atomic E-state index is 14.5. The van der Waals surface area contributed by atoms with E-state index in [1.54, 1.807) is 0 Å². The number of rotatable bonds is 9. The van der Waals surface area contributed by atoms with Crippen molar-refractivity contribution in [1.82, 2.24) is 19.8 Å². The lowest BCUT2D eigenvalue weighted by Gasteiger charge is -2.41. The minimum atomic E-state index is -4.41. The Hall–Kier alpha value is -3.02. The van der Waals surface area contributed by atoms with E-state index in [9.17, 15) is 23.5 Å². The zero-order chi connectivity index (χ0) is 32.2. The van der Waals surface area contributed by atoms with Crippen molar-refractivity contribution in [2.24, 2.45) is 5.92 Å². The molecule has 0 radical (unpaired) electrons. The number of benzene rings is 2. The smallest absolute Gasteiger partial charge is 0.334 e. The fourth-order valence-electron chi connectivity index (χ4n) is 7.80. The molecule has 3 fully saturated rings. The van der Waals surface area contributed by atoms with Crippen LogP contribution in [0, 0.1) is 5.92 Å². The highest BCUT2D eigenvalue weighted by Crippen LogP contribution is 2.41. The van der Waals surface area contributed by atoms with Gasteiger partial charge in [0, 0.05) is 68.7 Å². The Morgan fingerprint density at radius 3 is 2.74 bits per heavy atom. The molecule has 46 heavy (non-hydrogen) atoms. The molecular weight excluding hydrogens is 634 g/mol. The van der Waals surface area contributed by atoms with E-state index in [4.69, 9.17) is 26.3 Å². The molecule has 4 aliphatic heterocycles. The van der Waals surface area contributed by atoms with Gasteiger partial charge in [0.15, 0.2) is 0 Å². The Bertz CT molecular complexity index is 1700. The monoisotopic (exact) mass is 672 g/mol. The van der Waals surface area contributed by atoms with Crippen LogP contribution < -0.4 is 14.5 Å². The molecular formula is C32H39ClFN6O5P. The average Bonchev–Trinajstić information content (AvgIpc) is 3.51. The number of likely N-dealkylation sites (tertiary alicyclic amines) is 1. The van der Waals surface area contributed by atoms with E-state index >= 15 is 0 Å². The Labute approximate surface area is 272 Å². The highest BCUT2D eigenvalue weighted by atomic mass is 35.5. The van der Waals surface area contributed by atoms with Crippen LogP contribution in [-0.2, 0) is 22.3 Å². The van der Waals surface area contributed by atoms with E-state index < -0.39 is 25.8 Å². The first kappa shape index (κ1) is 31.6. The maximum Gasteiger partial charge on any atom is 0.334 e. The van der Waals surface area contributed by atoms with Gasteiger partial charge < -0.3 is 29.2 Å². The number of alkyl halides is 1. The summed E-state index contributed by atoms with van der Waals surface area (Å²) in [5.74, 6) is 0.370. The number of carbonyl (C=O) groups is 1. The molecule has 2 N–H and O–H groups in total. The summed E-state index contributed by atoms with van der Waals surface area (Å²) in [4.78, 5) is 48.5. The van der Waals surface area contributed by atoms with E-state index in [1.807, 2.05) is 25.2 Å². The minimum absolute atomic E-state index is 0.129. The lowest BCUT2D eigenvalue weighted by atomic mass is 9.95. The first-order chi connectivity index (χ1) is 22.0. The highest BCUT2D eigenvalue weighted by molar-refractivity contribution is 7.52. The number of ether oxygens (including phenoxy) is 1. The molecule has 0 spiro atoms. The zero-order valence-corrected chi connectivity index (χ0v) is 27.5. The molecule has 5 heterocycles. The molecule has 3 aromatic rings. The molecule has 7 rings (SSSR count). The topological polar surface area (TPSA) is 123 Å². The Morgan fingerprint density at radius 2 is 1.96 bits per heavy atom. The molecule has 0 saturated carbocycles. The Balaban J connectivity index is 1.14. The summed E-state index contributed by atoms with van der Waals surface area (Å²) >= 11 is 6.69. The largest absolute Gasteiger partial charge is 0.461 e. The van der Waals surface area contributed by atoms with E-state index in [0.717, 1.165) is 59.5 Å². The normalized spacial score (nSPS) is 23.4. The number of nitrogens with zero attached hydrogens (tertiary/aromatic N) is 6. The van der Waals surface area contributed by atoms with Crippen LogP contribution in [0.5, 0.6) is 6.01 Å². The number of anilines is 2. The van der Waals surface area contributed by atoms with Gasteiger partial charge in [-0.2, -0.15) is 9.97 Å². The number of hydrogen-bond acceptors (Lipinski definition) is 8. The van der Waals surface area contributed by atoms with E-state index in [1.165, 1.54) is 4.90 Å².